The van der Waals surface area contributed by atoms with Crippen LogP contribution in [-0.2, 0) is 15.3 Å². The first-order valence-electron chi connectivity index (χ1n) is 9.70. The van der Waals surface area contributed by atoms with E-state index in [2.05, 4.69) is 10.3 Å². The van der Waals surface area contributed by atoms with Crippen LogP contribution in [0.4, 0.5) is 0 Å². The van der Waals surface area contributed by atoms with E-state index >= 15 is 0 Å². The van der Waals surface area contributed by atoms with Crippen molar-refractivity contribution in [3.63, 3.8) is 0 Å². The minimum absolute atomic E-state index is 0.283. The molecule has 1 heterocycles. The molecule has 0 aliphatic carbocycles. The lowest BCUT2D eigenvalue weighted by atomic mass is 9.97. The van der Waals surface area contributed by atoms with Gasteiger partial charge in [0.2, 0.25) is 0 Å². The number of methoxy groups -OCH3 is 1. The second-order valence-corrected chi connectivity index (χ2v) is 9.77. The first-order valence-corrected chi connectivity index (χ1v) is 13.0. The van der Waals surface area contributed by atoms with Crippen molar-refractivity contribution >= 4 is 46.7 Å². The van der Waals surface area contributed by atoms with Gasteiger partial charge in [0.05, 0.1) is 7.11 Å². The number of esters is 1. The van der Waals surface area contributed by atoms with E-state index in [4.69, 9.17) is 4.74 Å². The largest absolute Gasteiger partial charge is 0.467 e. The molecule has 0 bridgehead atoms. The van der Waals surface area contributed by atoms with Gasteiger partial charge >= 0.3 is 5.97 Å². The minimum Gasteiger partial charge on any atom is -0.467 e. The van der Waals surface area contributed by atoms with Crippen LogP contribution in [0.1, 0.15) is 22.3 Å². The zero-order chi connectivity index (χ0) is 22.1. The van der Waals surface area contributed by atoms with Gasteiger partial charge < -0.3 is 10.1 Å². The Kier molecular flexibility index (Phi) is 8.99. The van der Waals surface area contributed by atoms with E-state index < -0.39 is 12.0 Å². The number of hydrogen-bond donors (Lipinski definition) is 1. The Bertz CT molecular complexity index is 995. The third-order valence-electron chi connectivity index (χ3n) is 4.59. The molecule has 3 aromatic rings. The van der Waals surface area contributed by atoms with Crippen LogP contribution in [0, 0.1) is 0 Å². The normalized spacial score (nSPS) is 11.7. The van der Waals surface area contributed by atoms with Crippen molar-refractivity contribution in [2.45, 2.75) is 22.6 Å². The van der Waals surface area contributed by atoms with Crippen LogP contribution in [-0.4, -0.2) is 42.0 Å². The van der Waals surface area contributed by atoms with Crippen LogP contribution in [0.2, 0.25) is 0 Å². The number of hydrogen-bond acceptors (Lipinski definition) is 7. The Hall–Kier alpha value is -2.29. The maximum Gasteiger partial charge on any atom is 0.328 e. The standard InChI is InChI=1S/C23H24N2O3S3/c1-28-22(27)20(10-12-29-2)25-21(26)18-9-8-16(15-31-23-24-11-13-30-23)14-19(18)17-6-4-3-5-7-17/h3-9,11,13-14,20H,10,12,15H2,1-2H3,(H,25,26). The monoisotopic (exact) mass is 472 g/mol. The van der Waals surface area contributed by atoms with Crippen molar-refractivity contribution in [3.05, 3.63) is 71.2 Å². The first kappa shape index (κ1) is 23.4. The van der Waals surface area contributed by atoms with Crippen LogP contribution >= 0.6 is 34.9 Å². The van der Waals surface area contributed by atoms with Gasteiger partial charge in [0.1, 0.15) is 10.4 Å². The molecular weight excluding hydrogens is 448 g/mol. The van der Waals surface area contributed by atoms with Gasteiger partial charge in [-0.2, -0.15) is 11.8 Å². The molecule has 0 saturated heterocycles. The topological polar surface area (TPSA) is 68.3 Å². The fourth-order valence-corrected chi connectivity index (χ4v) is 5.08. The number of thioether (sulfide) groups is 2. The molecule has 0 fully saturated rings. The van der Waals surface area contributed by atoms with Gasteiger partial charge in [0.25, 0.3) is 5.91 Å². The second kappa shape index (κ2) is 11.9. The Balaban J connectivity index is 1.87. The van der Waals surface area contributed by atoms with Gasteiger partial charge in [-0.15, -0.1) is 11.3 Å². The van der Waals surface area contributed by atoms with E-state index in [9.17, 15) is 9.59 Å². The Labute approximate surface area is 195 Å². The number of rotatable bonds is 10. The first-order chi connectivity index (χ1) is 15.1. The number of ether oxygens (including phenoxy) is 1. The number of nitrogens with zero attached hydrogens (tertiary/aromatic N) is 1. The maximum absolute atomic E-state index is 13.1. The van der Waals surface area contributed by atoms with Crippen LogP contribution in [0.3, 0.4) is 0 Å². The highest BCUT2D eigenvalue weighted by Crippen LogP contribution is 2.29. The molecule has 2 aromatic carbocycles. The van der Waals surface area contributed by atoms with Crippen LogP contribution < -0.4 is 5.32 Å². The van der Waals surface area contributed by atoms with E-state index in [0.717, 1.165) is 32.5 Å². The van der Waals surface area contributed by atoms with Gasteiger partial charge in [0.15, 0.2) is 0 Å². The molecule has 1 unspecified atom stereocenters. The zero-order valence-corrected chi connectivity index (χ0v) is 19.8. The van der Waals surface area contributed by atoms with Crippen molar-refractivity contribution < 1.29 is 14.3 Å². The lowest BCUT2D eigenvalue weighted by molar-refractivity contribution is -0.142. The smallest absolute Gasteiger partial charge is 0.328 e. The van der Waals surface area contributed by atoms with Crippen molar-refractivity contribution in [1.29, 1.82) is 0 Å². The van der Waals surface area contributed by atoms with E-state index in [1.807, 2.05) is 60.2 Å². The van der Waals surface area contributed by atoms with E-state index in [1.54, 1.807) is 41.1 Å². The molecule has 0 radical (unpaired) electrons. The van der Waals surface area contributed by atoms with Gasteiger partial charge in [-0.1, -0.05) is 48.2 Å². The quantitative estimate of drug-likeness (QED) is 0.326. The van der Waals surface area contributed by atoms with Crippen LogP contribution in [0.25, 0.3) is 11.1 Å². The van der Waals surface area contributed by atoms with Crippen LogP contribution in [0.15, 0.2) is 64.4 Å². The molecule has 5 nitrogen and oxygen atoms in total. The minimum atomic E-state index is -0.672. The van der Waals surface area contributed by atoms with Crippen molar-refractivity contribution in [2.24, 2.45) is 0 Å². The molecule has 162 valence electrons. The molecule has 1 atom stereocenters. The number of benzene rings is 2. The summed E-state index contributed by atoms with van der Waals surface area (Å²) in [6.45, 7) is 0. The number of carbonyl (C=O) groups excluding carboxylic acids is 2. The summed E-state index contributed by atoms with van der Waals surface area (Å²) in [7, 11) is 1.34. The summed E-state index contributed by atoms with van der Waals surface area (Å²) in [6, 6.07) is 15.0. The Morgan fingerprint density at radius 3 is 2.68 bits per heavy atom. The number of aromatic nitrogens is 1. The average Bonchev–Trinajstić information content (AvgIpc) is 3.34. The number of carbonyl (C=O) groups is 2. The maximum atomic E-state index is 13.1. The van der Waals surface area contributed by atoms with Crippen LogP contribution in [0.5, 0.6) is 0 Å². The number of thiazole rings is 1. The summed E-state index contributed by atoms with van der Waals surface area (Å²) in [5.74, 6) is 0.793. The summed E-state index contributed by atoms with van der Waals surface area (Å²) in [6.07, 6.45) is 4.28. The molecule has 8 heteroatoms. The summed E-state index contributed by atoms with van der Waals surface area (Å²) >= 11 is 4.90. The molecule has 0 aliphatic rings. The predicted molar refractivity (Wildman–Crippen MR) is 130 cm³/mol. The highest BCUT2D eigenvalue weighted by molar-refractivity contribution is 8.00. The third kappa shape index (κ3) is 6.59. The number of amides is 1. The summed E-state index contributed by atoms with van der Waals surface area (Å²) in [4.78, 5) is 29.6. The van der Waals surface area contributed by atoms with Crippen molar-refractivity contribution in [1.82, 2.24) is 10.3 Å². The zero-order valence-electron chi connectivity index (χ0n) is 17.4. The summed E-state index contributed by atoms with van der Waals surface area (Å²) in [5.41, 5.74) is 3.42. The van der Waals surface area contributed by atoms with Gasteiger partial charge in [0, 0.05) is 22.9 Å². The molecular formula is C23H24N2O3S3. The molecule has 1 aromatic heterocycles. The second-order valence-electron chi connectivity index (χ2n) is 6.66. The fourth-order valence-electron chi connectivity index (χ4n) is 3.03. The van der Waals surface area contributed by atoms with E-state index in [0.29, 0.717) is 12.0 Å². The summed E-state index contributed by atoms with van der Waals surface area (Å²) < 4.78 is 5.89. The molecule has 0 spiro atoms. The molecule has 31 heavy (non-hydrogen) atoms. The van der Waals surface area contributed by atoms with E-state index in [-0.39, 0.29) is 5.91 Å². The summed E-state index contributed by atoms with van der Waals surface area (Å²) in [5, 5.41) is 4.82. The highest BCUT2D eigenvalue weighted by Gasteiger charge is 2.23. The van der Waals surface area contributed by atoms with E-state index in [1.165, 1.54) is 7.11 Å². The lowest BCUT2D eigenvalue weighted by Gasteiger charge is -2.18. The SMILES string of the molecule is COC(=O)C(CCSC)NC(=O)c1ccc(CSc2nccs2)cc1-c1ccccc1. The van der Waals surface area contributed by atoms with Crippen molar-refractivity contribution in [3.8, 4) is 11.1 Å². The predicted octanol–water partition coefficient (Wildman–Crippen LogP) is 5.13. The highest BCUT2D eigenvalue weighted by atomic mass is 32.2. The molecule has 1 N–H and O–H groups in total. The Morgan fingerprint density at radius 2 is 2.00 bits per heavy atom. The molecule has 0 saturated carbocycles. The average molecular weight is 473 g/mol. The third-order valence-corrected chi connectivity index (χ3v) is 7.27. The molecule has 1 amide bonds. The fraction of sp³-hybridized carbons (Fsp3) is 0.261. The van der Waals surface area contributed by atoms with Gasteiger partial charge in [-0.25, -0.2) is 9.78 Å². The van der Waals surface area contributed by atoms with Crippen molar-refractivity contribution in [2.75, 3.05) is 19.1 Å². The van der Waals surface area contributed by atoms with Gasteiger partial charge in [-0.3, -0.25) is 4.79 Å². The lowest BCUT2D eigenvalue weighted by Crippen LogP contribution is -2.42. The number of nitrogens with one attached hydrogen (secondary N) is 1. The Morgan fingerprint density at radius 1 is 1.19 bits per heavy atom. The van der Waals surface area contributed by atoms with Gasteiger partial charge in [-0.05, 0) is 47.3 Å². The molecule has 3 rings (SSSR count). The molecule has 0 aliphatic heterocycles.